The molecule has 0 aliphatic carbocycles. The van der Waals surface area contributed by atoms with Gasteiger partial charge in [0.1, 0.15) is 23.9 Å². The third-order valence-corrected chi connectivity index (χ3v) is 4.10. The summed E-state index contributed by atoms with van der Waals surface area (Å²) in [4.78, 5) is 12.2. The maximum Gasteiger partial charge on any atom is 0.226 e. The first-order chi connectivity index (χ1) is 13.0. The zero-order chi connectivity index (χ0) is 19.6. The Bertz CT molecular complexity index is 737. The summed E-state index contributed by atoms with van der Waals surface area (Å²) in [5, 5.41) is 6.80. The minimum absolute atomic E-state index is 0.00283. The fourth-order valence-corrected chi connectivity index (χ4v) is 2.58. The molecule has 2 aromatic carbocycles. The van der Waals surface area contributed by atoms with Gasteiger partial charge in [0.2, 0.25) is 5.91 Å². The molecule has 0 saturated heterocycles. The van der Waals surface area contributed by atoms with Gasteiger partial charge in [0.05, 0.1) is 19.9 Å². The van der Waals surface area contributed by atoms with Crippen molar-refractivity contribution in [2.45, 2.75) is 19.4 Å². The number of hydrogen-bond donors (Lipinski definition) is 2. The van der Waals surface area contributed by atoms with Crippen LogP contribution in [0.5, 0.6) is 17.2 Å². The van der Waals surface area contributed by atoms with Gasteiger partial charge in [-0.1, -0.05) is 11.6 Å². The van der Waals surface area contributed by atoms with E-state index in [2.05, 4.69) is 10.6 Å². The Kier molecular flexibility index (Phi) is 8.23. The second-order valence-electron chi connectivity index (χ2n) is 5.98. The van der Waals surface area contributed by atoms with Gasteiger partial charge in [-0.15, -0.1) is 0 Å². The Hall–Kier alpha value is -2.44. The topological polar surface area (TPSA) is 68.8 Å². The molecule has 2 N–H and O–H groups in total. The Balaban J connectivity index is 1.72. The maximum atomic E-state index is 12.2. The molecule has 0 bridgehead atoms. The van der Waals surface area contributed by atoms with Crippen molar-refractivity contribution in [3.8, 4) is 17.2 Å². The molecule has 0 aliphatic rings. The molecule has 6 nitrogen and oxygen atoms in total. The molecule has 0 radical (unpaired) electrons. The fraction of sp³-hybridized carbons (Fsp3) is 0.350. The number of nitrogens with one attached hydrogen (secondary N) is 2. The summed E-state index contributed by atoms with van der Waals surface area (Å²) in [6.07, 6.45) is 0.329. The molecular formula is C20H25ClN2O4. The van der Waals surface area contributed by atoms with Crippen LogP contribution in [-0.2, 0) is 4.79 Å². The van der Waals surface area contributed by atoms with Gasteiger partial charge in [-0.2, -0.15) is 0 Å². The number of carbonyl (C=O) groups is 1. The van der Waals surface area contributed by atoms with Crippen molar-refractivity contribution in [3.05, 3.63) is 47.5 Å². The number of benzene rings is 2. The average molecular weight is 393 g/mol. The monoisotopic (exact) mass is 392 g/mol. The lowest BCUT2D eigenvalue weighted by Crippen LogP contribution is -2.33. The van der Waals surface area contributed by atoms with E-state index in [4.69, 9.17) is 25.8 Å². The molecule has 1 unspecified atom stereocenters. The lowest BCUT2D eigenvalue weighted by Gasteiger charge is -2.15. The second-order valence-corrected chi connectivity index (χ2v) is 6.41. The SMILES string of the molecule is COc1ccc(NC(=O)CC(C)NCCOc2ccc(Cl)cc2)c(OC)c1. The summed E-state index contributed by atoms with van der Waals surface area (Å²) in [6.45, 7) is 3.08. The number of rotatable bonds is 10. The number of ether oxygens (including phenoxy) is 3. The van der Waals surface area contributed by atoms with Gasteiger partial charge < -0.3 is 24.8 Å². The average Bonchev–Trinajstić information content (AvgIpc) is 2.66. The summed E-state index contributed by atoms with van der Waals surface area (Å²) in [5.74, 6) is 1.88. The van der Waals surface area contributed by atoms with Gasteiger partial charge in [0.25, 0.3) is 0 Å². The Morgan fingerprint density at radius 2 is 1.78 bits per heavy atom. The third-order valence-electron chi connectivity index (χ3n) is 3.85. The zero-order valence-electron chi connectivity index (χ0n) is 15.8. The Morgan fingerprint density at radius 1 is 1.07 bits per heavy atom. The van der Waals surface area contributed by atoms with Crippen LogP contribution in [0.3, 0.4) is 0 Å². The molecule has 7 heteroatoms. The van der Waals surface area contributed by atoms with Crippen LogP contribution in [0, 0.1) is 0 Å². The van der Waals surface area contributed by atoms with Crippen LogP contribution >= 0.6 is 11.6 Å². The molecule has 27 heavy (non-hydrogen) atoms. The predicted molar refractivity (Wildman–Crippen MR) is 107 cm³/mol. The smallest absolute Gasteiger partial charge is 0.226 e. The van der Waals surface area contributed by atoms with E-state index in [1.165, 1.54) is 0 Å². The summed E-state index contributed by atoms with van der Waals surface area (Å²) in [5.41, 5.74) is 0.613. The van der Waals surface area contributed by atoms with Crippen LogP contribution in [-0.4, -0.2) is 39.3 Å². The fourth-order valence-electron chi connectivity index (χ4n) is 2.46. The first-order valence-corrected chi connectivity index (χ1v) is 9.03. The number of anilines is 1. The molecule has 0 aliphatic heterocycles. The quantitative estimate of drug-likeness (QED) is 0.603. The van der Waals surface area contributed by atoms with Crippen molar-refractivity contribution >= 4 is 23.2 Å². The normalized spacial score (nSPS) is 11.6. The first kappa shape index (κ1) is 20.9. The minimum Gasteiger partial charge on any atom is -0.497 e. The van der Waals surface area contributed by atoms with Crippen LogP contribution in [0.15, 0.2) is 42.5 Å². The lowest BCUT2D eigenvalue weighted by atomic mass is 10.2. The summed E-state index contributed by atoms with van der Waals surface area (Å²) in [7, 11) is 3.13. The van der Waals surface area contributed by atoms with Gasteiger partial charge in [0.15, 0.2) is 0 Å². The Morgan fingerprint density at radius 3 is 2.44 bits per heavy atom. The van der Waals surface area contributed by atoms with E-state index in [9.17, 15) is 4.79 Å². The second kappa shape index (κ2) is 10.6. The molecular weight excluding hydrogens is 368 g/mol. The summed E-state index contributed by atoms with van der Waals surface area (Å²) in [6, 6.07) is 12.5. The number of carbonyl (C=O) groups excluding carboxylic acids is 1. The lowest BCUT2D eigenvalue weighted by molar-refractivity contribution is -0.116. The first-order valence-electron chi connectivity index (χ1n) is 8.65. The molecule has 146 valence electrons. The van der Waals surface area contributed by atoms with Crippen molar-refractivity contribution in [1.29, 1.82) is 0 Å². The van der Waals surface area contributed by atoms with Gasteiger partial charge in [-0.05, 0) is 43.3 Å². The largest absolute Gasteiger partial charge is 0.497 e. The standard InChI is InChI=1S/C20H25ClN2O4/c1-14(22-10-11-27-16-6-4-15(21)5-7-16)12-20(24)23-18-9-8-17(25-2)13-19(18)26-3/h4-9,13-14,22H,10-12H2,1-3H3,(H,23,24). The molecule has 0 aromatic heterocycles. The van der Waals surface area contributed by atoms with Crippen LogP contribution in [0.2, 0.25) is 5.02 Å². The summed E-state index contributed by atoms with van der Waals surface area (Å²) < 4.78 is 16.1. The highest BCUT2D eigenvalue weighted by molar-refractivity contribution is 6.30. The van der Waals surface area contributed by atoms with Gasteiger partial charge in [-0.25, -0.2) is 0 Å². The highest BCUT2D eigenvalue weighted by atomic mass is 35.5. The van der Waals surface area contributed by atoms with E-state index in [-0.39, 0.29) is 11.9 Å². The molecule has 0 spiro atoms. The highest BCUT2D eigenvalue weighted by Crippen LogP contribution is 2.29. The third kappa shape index (κ3) is 7.00. The maximum absolute atomic E-state index is 12.2. The molecule has 1 atom stereocenters. The number of amides is 1. The van der Waals surface area contributed by atoms with E-state index in [0.29, 0.717) is 41.8 Å². The predicted octanol–water partition coefficient (Wildman–Crippen LogP) is 3.74. The van der Waals surface area contributed by atoms with Gasteiger partial charge >= 0.3 is 0 Å². The van der Waals surface area contributed by atoms with Crippen LogP contribution in [0.25, 0.3) is 0 Å². The van der Waals surface area contributed by atoms with Crippen molar-refractivity contribution in [1.82, 2.24) is 5.32 Å². The van der Waals surface area contributed by atoms with Crippen LogP contribution < -0.4 is 24.8 Å². The highest BCUT2D eigenvalue weighted by Gasteiger charge is 2.12. The van der Waals surface area contributed by atoms with Gasteiger partial charge in [-0.3, -0.25) is 4.79 Å². The molecule has 1 amide bonds. The van der Waals surface area contributed by atoms with Crippen molar-refractivity contribution in [3.63, 3.8) is 0 Å². The number of halogens is 1. The minimum atomic E-state index is -0.0999. The van der Waals surface area contributed by atoms with Crippen molar-refractivity contribution < 1.29 is 19.0 Å². The van der Waals surface area contributed by atoms with E-state index < -0.39 is 0 Å². The number of hydrogen-bond acceptors (Lipinski definition) is 5. The summed E-state index contributed by atoms with van der Waals surface area (Å²) >= 11 is 5.84. The molecule has 0 saturated carbocycles. The molecule has 0 fully saturated rings. The van der Waals surface area contributed by atoms with Crippen LogP contribution in [0.1, 0.15) is 13.3 Å². The van der Waals surface area contributed by atoms with E-state index >= 15 is 0 Å². The Labute approximate surface area is 164 Å². The zero-order valence-corrected chi connectivity index (χ0v) is 16.5. The van der Waals surface area contributed by atoms with Crippen molar-refractivity contribution in [2.75, 3.05) is 32.7 Å². The van der Waals surface area contributed by atoms with Gasteiger partial charge in [0, 0.05) is 30.1 Å². The molecule has 0 heterocycles. The van der Waals surface area contributed by atoms with E-state index in [1.54, 1.807) is 44.6 Å². The number of methoxy groups -OCH3 is 2. The van der Waals surface area contributed by atoms with Crippen LogP contribution in [0.4, 0.5) is 5.69 Å². The molecule has 2 aromatic rings. The van der Waals surface area contributed by atoms with Crippen molar-refractivity contribution in [2.24, 2.45) is 0 Å². The van der Waals surface area contributed by atoms with E-state index in [0.717, 1.165) is 5.75 Å². The molecule has 2 rings (SSSR count). The van der Waals surface area contributed by atoms with E-state index in [1.807, 2.05) is 19.1 Å².